The van der Waals surface area contributed by atoms with Crippen molar-refractivity contribution in [1.82, 2.24) is 4.98 Å². The standard InChI is InChI=1S/C13H8N2O5/c16-9(11-5-6-13(20-11)15(17)18)7-12-14-8-3-1-2-4-10(8)19-12/h1-6H,7H2. The third kappa shape index (κ3) is 2.16. The number of furan rings is 1. The van der Waals surface area contributed by atoms with Gasteiger partial charge in [0, 0.05) is 0 Å². The molecule has 100 valence electrons. The molecule has 0 fully saturated rings. The van der Waals surface area contributed by atoms with Crippen molar-refractivity contribution >= 4 is 22.8 Å². The predicted molar refractivity (Wildman–Crippen MR) is 67.4 cm³/mol. The molecule has 7 nitrogen and oxygen atoms in total. The maximum absolute atomic E-state index is 11.9. The summed E-state index contributed by atoms with van der Waals surface area (Å²) in [5.41, 5.74) is 1.24. The predicted octanol–water partition coefficient (Wildman–Crippen LogP) is 2.75. The number of rotatable bonds is 4. The zero-order valence-corrected chi connectivity index (χ0v) is 10.1. The number of hydrogen-bond donors (Lipinski definition) is 0. The minimum absolute atomic E-state index is 0.0843. The van der Waals surface area contributed by atoms with Crippen molar-refractivity contribution in [1.29, 1.82) is 0 Å². The zero-order valence-electron chi connectivity index (χ0n) is 10.1. The fourth-order valence-electron chi connectivity index (χ4n) is 1.80. The van der Waals surface area contributed by atoms with Gasteiger partial charge in [-0.2, -0.15) is 0 Å². The van der Waals surface area contributed by atoms with E-state index in [0.717, 1.165) is 6.07 Å². The van der Waals surface area contributed by atoms with Gasteiger partial charge in [-0.3, -0.25) is 14.9 Å². The molecule has 0 amide bonds. The van der Waals surface area contributed by atoms with Crippen molar-refractivity contribution in [3.63, 3.8) is 0 Å². The highest BCUT2D eigenvalue weighted by molar-refractivity contribution is 5.95. The van der Waals surface area contributed by atoms with Crippen LogP contribution in [0.15, 0.2) is 45.2 Å². The summed E-state index contributed by atoms with van der Waals surface area (Å²) in [6.45, 7) is 0. The van der Waals surface area contributed by atoms with Crippen LogP contribution >= 0.6 is 0 Å². The van der Waals surface area contributed by atoms with Crippen molar-refractivity contribution in [2.24, 2.45) is 0 Å². The molecule has 0 saturated heterocycles. The van der Waals surface area contributed by atoms with Crippen molar-refractivity contribution < 1.29 is 18.6 Å². The van der Waals surface area contributed by atoms with Crippen LogP contribution < -0.4 is 0 Å². The number of nitrogens with zero attached hydrogens (tertiary/aromatic N) is 2. The summed E-state index contributed by atoms with van der Waals surface area (Å²) >= 11 is 0. The molecule has 0 saturated carbocycles. The molecule has 0 unspecified atom stereocenters. The number of nitro groups is 1. The Bertz CT molecular complexity index is 769. The van der Waals surface area contributed by atoms with Crippen LogP contribution in [0.1, 0.15) is 16.4 Å². The maximum Gasteiger partial charge on any atom is 0.433 e. The molecule has 0 aliphatic heterocycles. The second-order valence-electron chi connectivity index (χ2n) is 4.07. The summed E-state index contributed by atoms with van der Waals surface area (Å²) in [7, 11) is 0. The van der Waals surface area contributed by atoms with E-state index in [2.05, 4.69) is 4.98 Å². The van der Waals surface area contributed by atoms with Crippen LogP contribution in [-0.2, 0) is 6.42 Å². The molecule has 1 aromatic carbocycles. The van der Waals surface area contributed by atoms with Gasteiger partial charge in [-0.15, -0.1) is 0 Å². The molecule has 0 aliphatic carbocycles. The second-order valence-corrected chi connectivity index (χ2v) is 4.07. The number of aromatic nitrogens is 1. The van der Waals surface area contributed by atoms with Gasteiger partial charge >= 0.3 is 5.88 Å². The lowest BCUT2D eigenvalue weighted by molar-refractivity contribution is -0.402. The number of hydrogen-bond acceptors (Lipinski definition) is 6. The topological polar surface area (TPSA) is 99.4 Å². The van der Waals surface area contributed by atoms with E-state index in [-0.39, 0.29) is 18.1 Å². The molecular formula is C13H8N2O5. The van der Waals surface area contributed by atoms with Gasteiger partial charge in [-0.05, 0) is 18.2 Å². The van der Waals surface area contributed by atoms with Crippen LogP contribution in [0.25, 0.3) is 11.1 Å². The van der Waals surface area contributed by atoms with Crippen molar-refractivity contribution in [3.05, 3.63) is 58.2 Å². The van der Waals surface area contributed by atoms with E-state index in [1.54, 1.807) is 18.2 Å². The monoisotopic (exact) mass is 272 g/mol. The van der Waals surface area contributed by atoms with Crippen LogP contribution in [0.2, 0.25) is 0 Å². The molecule has 0 atom stereocenters. The van der Waals surface area contributed by atoms with Gasteiger partial charge in [0.1, 0.15) is 10.4 Å². The highest BCUT2D eigenvalue weighted by Gasteiger charge is 2.19. The zero-order chi connectivity index (χ0) is 14.1. The lowest BCUT2D eigenvalue weighted by Crippen LogP contribution is -2.02. The molecule has 0 spiro atoms. The third-order valence-corrected chi connectivity index (χ3v) is 2.70. The highest BCUT2D eigenvalue weighted by atomic mass is 16.6. The first-order valence-corrected chi connectivity index (χ1v) is 5.75. The van der Waals surface area contributed by atoms with Gasteiger partial charge in [0.25, 0.3) is 0 Å². The van der Waals surface area contributed by atoms with Gasteiger partial charge in [0.2, 0.25) is 11.7 Å². The number of para-hydroxylation sites is 2. The smallest absolute Gasteiger partial charge is 0.433 e. The Balaban J connectivity index is 1.82. The fourth-order valence-corrected chi connectivity index (χ4v) is 1.80. The summed E-state index contributed by atoms with van der Waals surface area (Å²) in [4.78, 5) is 25.9. The Kier molecular flexibility index (Phi) is 2.79. The number of benzene rings is 1. The Morgan fingerprint density at radius 1 is 1.20 bits per heavy atom. The minimum atomic E-state index is -0.698. The Labute approximate surface area is 112 Å². The third-order valence-electron chi connectivity index (χ3n) is 2.70. The molecular weight excluding hydrogens is 264 g/mol. The molecule has 20 heavy (non-hydrogen) atoms. The molecule has 3 rings (SSSR count). The maximum atomic E-state index is 11.9. The largest absolute Gasteiger partial charge is 0.440 e. The molecule has 3 aromatic rings. The van der Waals surface area contributed by atoms with E-state index >= 15 is 0 Å². The van der Waals surface area contributed by atoms with Gasteiger partial charge in [-0.1, -0.05) is 12.1 Å². The van der Waals surface area contributed by atoms with Crippen LogP contribution in [0.3, 0.4) is 0 Å². The average molecular weight is 272 g/mol. The number of carbonyl (C=O) groups is 1. The molecule has 0 bridgehead atoms. The molecule has 0 radical (unpaired) electrons. The van der Waals surface area contributed by atoms with Gasteiger partial charge in [0.15, 0.2) is 11.3 Å². The van der Waals surface area contributed by atoms with E-state index in [4.69, 9.17) is 8.83 Å². The lowest BCUT2D eigenvalue weighted by Gasteiger charge is -1.91. The van der Waals surface area contributed by atoms with Crippen molar-refractivity contribution in [2.75, 3.05) is 0 Å². The average Bonchev–Trinajstić information content (AvgIpc) is 3.04. The van der Waals surface area contributed by atoms with Crippen molar-refractivity contribution in [3.8, 4) is 0 Å². The summed E-state index contributed by atoms with van der Waals surface area (Å²) in [6.07, 6.45) is -0.112. The molecule has 2 heterocycles. The fraction of sp³-hybridized carbons (Fsp3) is 0.0769. The lowest BCUT2D eigenvalue weighted by atomic mass is 10.2. The van der Waals surface area contributed by atoms with Crippen LogP contribution in [0.4, 0.5) is 5.88 Å². The molecule has 2 aromatic heterocycles. The summed E-state index contributed by atoms with van der Waals surface area (Å²) in [6, 6.07) is 9.53. The van der Waals surface area contributed by atoms with E-state index in [1.807, 2.05) is 6.07 Å². The van der Waals surface area contributed by atoms with Crippen LogP contribution in [0, 0.1) is 10.1 Å². The van der Waals surface area contributed by atoms with Gasteiger partial charge < -0.3 is 8.83 Å². The van der Waals surface area contributed by atoms with Gasteiger partial charge in [0.05, 0.1) is 12.5 Å². The molecule has 0 N–H and O–H groups in total. The quantitative estimate of drug-likeness (QED) is 0.411. The number of carbonyl (C=O) groups excluding carboxylic acids is 1. The highest BCUT2D eigenvalue weighted by Crippen LogP contribution is 2.19. The number of Topliss-reactive ketones (excluding diaryl/α,β-unsaturated/α-hetero) is 1. The summed E-state index contributed by atoms with van der Waals surface area (Å²) in [5, 5.41) is 10.5. The Morgan fingerprint density at radius 3 is 2.70 bits per heavy atom. The number of fused-ring (bicyclic) bond motifs is 1. The number of oxazole rings is 1. The van der Waals surface area contributed by atoms with E-state index in [1.165, 1.54) is 6.07 Å². The minimum Gasteiger partial charge on any atom is -0.440 e. The second kappa shape index (κ2) is 4.61. The first-order chi connectivity index (χ1) is 9.63. The van der Waals surface area contributed by atoms with Crippen LogP contribution in [-0.4, -0.2) is 15.7 Å². The normalized spacial score (nSPS) is 10.8. The molecule has 0 aliphatic rings. The SMILES string of the molecule is O=C(Cc1nc2ccccc2o1)c1ccc([N+](=O)[O-])o1. The van der Waals surface area contributed by atoms with E-state index in [9.17, 15) is 14.9 Å². The molecule has 7 heteroatoms. The van der Waals surface area contributed by atoms with E-state index < -0.39 is 16.6 Å². The Hall–Kier alpha value is -2.96. The summed E-state index contributed by atoms with van der Waals surface area (Å²) < 4.78 is 10.2. The first-order valence-electron chi connectivity index (χ1n) is 5.75. The van der Waals surface area contributed by atoms with E-state index in [0.29, 0.717) is 11.1 Å². The van der Waals surface area contributed by atoms with Gasteiger partial charge in [-0.25, -0.2) is 4.98 Å². The first kappa shape index (κ1) is 12.1. The van der Waals surface area contributed by atoms with Crippen LogP contribution in [0.5, 0.6) is 0 Å². The van der Waals surface area contributed by atoms with Crippen molar-refractivity contribution in [2.45, 2.75) is 6.42 Å². The Morgan fingerprint density at radius 2 is 2.00 bits per heavy atom. The number of ketones is 1. The summed E-state index contributed by atoms with van der Waals surface area (Å²) in [5.74, 6) is -0.732.